The topological polar surface area (TPSA) is 41.6 Å². The van der Waals surface area contributed by atoms with E-state index >= 15 is 0 Å². The molecule has 0 amide bonds. The predicted octanol–water partition coefficient (Wildman–Crippen LogP) is 13.0. The number of H-pyrrole nitrogens is 1. The second kappa shape index (κ2) is 13.2. The number of rotatable bonds is 4. The Morgan fingerprint density at radius 1 is 0.434 bits per heavy atom. The van der Waals surface area contributed by atoms with E-state index in [0.29, 0.717) is 0 Å². The van der Waals surface area contributed by atoms with Crippen LogP contribution in [0.25, 0.3) is 89.2 Å². The van der Waals surface area contributed by atoms with Gasteiger partial charge in [0.15, 0.2) is 0 Å². The van der Waals surface area contributed by atoms with E-state index in [9.17, 15) is 0 Å². The molecular formula is C49H35N3S. The molecule has 3 aromatic heterocycles. The summed E-state index contributed by atoms with van der Waals surface area (Å²) in [5, 5.41) is 0. The van der Waals surface area contributed by atoms with Crippen molar-refractivity contribution in [3.63, 3.8) is 0 Å². The number of nitrogens with one attached hydrogen (secondary N) is 1. The molecule has 0 spiro atoms. The smallest absolute Gasteiger partial charge is 0.0737 e. The van der Waals surface area contributed by atoms with E-state index in [-0.39, 0.29) is 0 Å². The van der Waals surface area contributed by atoms with Crippen molar-refractivity contribution in [2.45, 2.75) is 20.8 Å². The van der Waals surface area contributed by atoms with Gasteiger partial charge in [-0.15, -0.1) is 17.8 Å². The van der Waals surface area contributed by atoms with Gasteiger partial charge in [-0.25, -0.2) is 9.97 Å². The summed E-state index contributed by atoms with van der Waals surface area (Å²) < 4.78 is 2.25. The fourth-order valence-electron chi connectivity index (χ4n) is 7.18. The molecule has 9 rings (SSSR count). The highest BCUT2D eigenvalue weighted by atomic mass is 32.1. The molecule has 0 unspecified atom stereocenters. The van der Waals surface area contributed by atoms with E-state index in [4.69, 9.17) is 16.4 Å². The molecule has 1 N–H and O–H groups in total. The third-order valence-corrected chi connectivity index (χ3v) is 11.1. The van der Waals surface area contributed by atoms with Crippen LogP contribution in [-0.4, -0.2) is 15.0 Å². The Hall–Kier alpha value is -6.54. The van der Waals surface area contributed by atoms with Gasteiger partial charge in [-0.05, 0) is 104 Å². The minimum Gasteiger partial charge on any atom is -0.354 e. The second-order valence-corrected chi connectivity index (χ2v) is 14.8. The predicted molar refractivity (Wildman–Crippen MR) is 226 cm³/mol. The van der Waals surface area contributed by atoms with Crippen LogP contribution in [0.3, 0.4) is 0 Å². The van der Waals surface area contributed by atoms with Crippen molar-refractivity contribution in [3.8, 4) is 56.9 Å². The number of aromatic nitrogens is 3. The highest BCUT2D eigenvalue weighted by Crippen LogP contribution is 2.41. The Kier molecular flexibility index (Phi) is 8.07. The number of aryl methyl sites for hydroxylation is 3. The van der Waals surface area contributed by atoms with Crippen LogP contribution in [0.2, 0.25) is 0 Å². The molecule has 252 valence electrons. The number of hydrogen-bond acceptors (Lipinski definition) is 3. The average Bonchev–Trinajstić information content (AvgIpc) is 4.02. The number of thiophene rings is 1. The summed E-state index contributed by atoms with van der Waals surface area (Å²) in [6.45, 7) is 6.36. The Balaban J connectivity index is 1.46. The van der Waals surface area contributed by atoms with Gasteiger partial charge in [-0.2, -0.15) is 0 Å². The number of terminal acetylenes is 1. The maximum atomic E-state index is 5.77. The molecule has 8 bridgehead atoms. The summed E-state index contributed by atoms with van der Waals surface area (Å²) in [7, 11) is 0. The minimum atomic E-state index is 0.845. The van der Waals surface area contributed by atoms with Gasteiger partial charge in [0.1, 0.15) is 0 Å². The van der Waals surface area contributed by atoms with Gasteiger partial charge in [0.25, 0.3) is 0 Å². The van der Waals surface area contributed by atoms with E-state index < -0.39 is 0 Å². The number of nitrogens with zero attached hydrogens (tertiary/aromatic N) is 2. The lowest BCUT2D eigenvalue weighted by Gasteiger charge is -2.07. The Bertz CT molecular complexity index is 2780. The number of aromatic amines is 1. The van der Waals surface area contributed by atoms with Gasteiger partial charge >= 0.3 is 0 Å². The molecule has 4 heteroatoms. The maximum Gasteiger partial charge on any atom is 0.0737 e. The largest absolute Gasteiger partial charge is 0.354 e. The number of benzene rings is 4. The summed E-state index contributed by atoms with van der Waals surface area (Å²) in [4.78, 5) is 14.7. The fourth-order valence-corrected chi connectivity index (χ4v) is 8.34. The molecule has 0 atom stereocenters. The quantitative estimate of drug-likeness (QED) is 0.186. The lowest BCUT2D eigenvalue weighted by atomic mass is 10.0. The zero-order valence-electron chi connectivity index (χ0n) is 29.7. The maximum absolute atomic E-state index is 5.77. The van der Waals surface area contributed by atoms with Crippen molar-refractivity contribution in [2.75, 3.05) is 0 Å². The first kappa shape index (κ1) is 32.4. The van der Waals surface area contributed by atoms with Crippen LogP contribution in [-0.2, 0) is 0 Å². The first-order valence-corrected chi connectivity index (χ1v) is 18.6. The van der Waals surface area contributed by atoms with E-state index in [1.807, 2.05) is 12.1 Å². The molecule has 3 nitrogen and oxygen atoms in total. The van der Waals surface area contributed by atoms with Crippen molar-refractivity contribution in [3.05, 3.63) is 166 Å². The molecule has 7 aromatic rings. The summed E-state index contributed by atoms with van der Waals surface area (Å²) in [5.41, 5.74) is 18.8. The van der Waals surface area contributed by atoms with Crippen molar-refractivity contribution < 1.29 is 0 Å². The van der Waals surface area contributed by atoms with Gasteiger partial charge in [0.05, 0.1) is 22.8 Å². The Morgan fingerprint density at radius 3 is 1.15 bits per heavy atom. The second-order valence-electron chi connectivity index (χ2n) is 13.7. The van der Waals surface area contributed by atoms with Crippen LogP contribution < -0.4 is 0 Å². The summed E-state index contributed by atoms with van der Waals surface area (Å²) >= 11 is 1.76. The minimum absolute atomic E-state index is 0.845. The van der Waals surface area contributed by atoms with Crippen molar-refractivity contribution in [1.29, 1.82) is 0 Å². The van der Waals surface area contributed by atoms with Crippen LogP contribution in [0.4, 0.5) is 0 Å². The van der Waals surface area contributed by atoms with Crippen LogP contribution in [0, 0.1) is 33.1 Å². The third-order valence-electron chi connectivity index (χ3n) is 9.99. The zero-order valence-corrected chi connectivity index (χ0v) is 30.6. The number of fused-ring (bicyclic) bond motifs is 8. The molecule has 2 aliphatic heterocycles. The highest BCUT2D eigenvalue weighted by Gasteiger charge is 2.19. The standard InChI is InChI=1S/C49H35N3S/c1-5-33-12-20-37(21-13-33)49-43-27-25-41(52-43)47(35-16-8-31(3)9-17-35)39-23-22-38(50-39)46(34-14-6-30(2)7-15-34)40-24-26-42(51-40)48(44-28-29-45(49)53-44)36-18-10-32(4)11-19-36/h1,6-29,50H,2-4H3. The molecule has 0 saturated carbocycles. The highest BCUT2D eigenvalue weighted by molar-refractivity contribution is 7.24. The summed E-state index contributed by atoms with van der Waals surface area (Å²) in [6.07, 6.45) is 14.4. The van der Waals surface area contributed by atoms with Gasteiger partial charge in [-0.1, -0.05) is 108 Å². The Morgan fingerprint density at radius 2 is 0.774 bits per heavy atom. The zero-order chi connectivity index (χ0) is 36.1. The normalized spacial score (nSPS) is 11.9. The average molecular weight is 698 g/mol. The lowest BCUT2D eigenvalue weighted by molar-refractivity contribution is 1.32. The molecular weight excluding hydrogens is 663 g/mol. The van der Waals surface area contributed by atoms with Crippen LogP contribution in [0.1, 0.15) is 45.0 Å². The molecule has 53 heavy (non-hydrogen) atoms. The van der Waals surface area contributed by atoms with Crippen molar-refractivity contribution in [2.24, 2.45) is 0 Å². The number of hydrogen-bond donors (Lipinski definition) is 1. The molecule has 0 radical (unpaired) electrons. The van der Waals surface area contributed by atoms with Gasteiger partial charge in [0.2, 0.25) is 0 Å². The monoisotopic (exact) mass is 697 g/mol. The van der Waals surface area contributed by atoms with E-state index in [1.54, 1.807) is 11.3 Å². The van der Waals surface area contributed by atoms with E-state index in [0.717, 1.165) is 93.3 Å². The Labute approximate surface area is 313 Å². The van der Waals surface area contributed by atoms with Crippen LogP contribution in [0.15, 0.2) is 121 Å². The van der Waals surface area contributed by atoms with Crippen LogP contribution in [0.5, 0.6) is 0 Å². The van der Waals surface area contributed by atoms with Gasteiger partial charge in [0, 0.05) is 48.3 Å². The molecule has 0 saturated heterocycles. The lowest BCUT2D eigenvalue weighted by Crippen LogP contribution is -1.89. The van der Waals surface area contributed by atoms with Crippen molar-refractivity contribution >= 4 is 56.1 Å². The van der Waals surface area contributed by atoms with E-state index in [1.165, 1.54) is 16.7 Å². The molecule has 0 fully saturated rings. The van der Waals surface area contributed by atoms with Crippen molar-refractivity contribution in [1.82, 2.24) is 15.0 Å². The van der Waals surface area contributed by atoms with Gasteiger partial charge < -0.3 is 4.98 Å². The first-order chi connectivity index (χ1) is 25.9. The fraction of sp³-hybridized carbons (Fsp3) is 0.0612. The summed E-state index contributed by atoms with van der Waals surface area (Å²) in [5.74, 6) is 2.77. The van der Waals surface area contributed by atoms with Crippen LogP contribution >= 0.6 is 11.3 Å². The first-order valence-electron chi connectivity index (χ1n) is 17.8. The molecule has 2 aliphatic rings. The molecule has 0 aliphatic carbocycles. The molecule has 5 heterocycles. The van der Waals surface area contributed by atoms with E-state index in [2.05, 4.69) is 165 Å². The summed E-state index contributed by atoms with van der Waals surface area (Å²) in [6, 6.07) is 43.2. The third kappa shape index (κ3) is 6.02. The SMILES string of the molecule is C#Cc1ccc(-c2c3nc(c(-c4ccc(C)cc4)c4ccc([nH]4)c(-c4ccc(C)cc4)c4nc(c(-c5ccc(C)cc5)c5ccc2s5)C=C4)C=C3)cc1. The van der Waals surface area contributed by atoms with Gasteiger partial charge in [-0.3, -0.25) is 0 Å². The molecule has 4 aromatic carbocycles.